The van der Waals surface area contributed by atoms with Crippen LogP contribution in [-0.4, -0.2) is 9.97 Å². The van der Waals surface area contributed by atoms with Crippen LogP contribution in [0.2, 0.25) is 5.02 Å². The summed E-state index contributed by atoms with van der Waals surface area (Å²) < 4.78 is 0. The van der Waals surface area contributed by atoms with E-state index >= 15 is 0 Å². The van der Waals surface area contributed by atoms with Crippen LogP contribution in [0.3, 0.4) is 0 Å². The lowest BCUT2D eigenvalue weighted by atomic mass is 10.1. The van der Waals surface area contributed by atoms with Gasteiger partial charge >= 0.3 is 0 Å². The predicted octanol–water partition coefficient (Wildman–Crippen LogP) is 4.27. The first kappa shape index (κ1) is 13.7. The zero-order chi connectivity index (χ0) is 14.5. The highest BCUT2D eigenvalue weighted by molar-refractivity contribution is 6.30. The second kappa shape index (κ2) is 6.46. The molecule has 21 heavy (non-hydrogen) atoms. The molecule has 3 nitrogen and oxygen atoms in total. The van der Waals surface area contributed by atoms with E-state index in [-0.39, 0.29) is 0 Å². The molecule has 0 saturated heterocycles. The smallest absolute Gasteiger partial charge is 0.126 e. The van der Waals surface area contributed by atoms with E-state index in [1.165, 1.54) is 16.7 Å². The summed E-state index contributed by atoms with van der Waals surface area (Å²) in [5.74, 6) is 0.878. The van der Waals surface area contributed by atoms with Gasteiger partial charge in [-0.2, -0.15) is 0 Å². The number of anilines is 1. The fourth-order valence-corrected chi connectivity index (χ4v) is 2.26. The highest BCUT2D eigenvalue weighted by Crippen LogP contribution is 2.13. The summed E-state index contributed by atoms with van der Waals surface area (Å²) >= 11 is 5.87. The molecule has 1 aromatic carbocycles. The Kier molecular flexibility index (Phi) is 4.22. The van der Waals surface area contributed by atoms with Crippen LogP contribution in [-0.2, 0) is 13.0 Å². The number of hydrogen-bond acceptors (Lipinski definition) is 2. The molecule has 0 fully saturated rings. The first-order chi connectivity index (χ1) is 10.3. The van der Waals surface area contributed by atoms with Crippen LogP contribution in [0.5, 0.6) is 0 Å². The van der Waals surface area contributed by atoms with Gasteiger partial charge in [0.25, 0.3) is 0 Å². The molecule has 0 amide bonds. The van der Waals surface area contributed by atoms with Gasteiger partial charge in [0.15, 0.2) is 0 Å². The summed E-state index contributed by atoms with van der Waals surface area (Å²) in [6.45, 7) is 0.737. The lowest BCUT2D eigenvalue weighted by molar-refractivity contribution is 1.09. The zero-order valence-corrected chi connectivity index (χ0v) is 12.3. The van der Waals surface area contributed by atoms with Gasteiger partial charge in [-0.05, 0) is 41.0 Å². The molecule has 0 radical (unpaired) electrons. The second-order valence-electron chi connectivity index (χ2n) is 4.93. The van der Waals surface area contributed by atoms with Crippen molar-refractivity contribution < 1.29 is 0 Å². The Morgan fingerprint density at radius 3 is 2.43 bits per heavy atom. The maximum Gasteiger partial charge on any atom is 0.126 e. The Morgan fingerprint density at radius 1 is 0.952 bits per heavy atom. The van der Waals surface area contributed by atoms with E-state index in [0.717, 1.165) is 23.8 Å². The number of aromatic amines is 1. The highest BCUT2D eigenvalue weighted by Gasteiger charge is 1.99. The Morgan fingerprint density at radius 2 is 1.76 bits per heavy atom. The minimum atomic E-state index is 0.737. The third kappa shape index (κ3) is 3.86. The quantitative estimate of drug-likeness (QED) is 0.738. The van der Waals surface area contributed by atoms with Crippen molar-refractivity contribution in [3.63, 3.8) is 0 Å². The highest BCUT2D eigenvalue weighted by atomic mass is 35.5. The van der Waals surface area contributed by atoms with Crippen molar-refractivity contribution in [2.75, 3.05) is 5.32 Å². The molecule has 106 valence electrons. The molecule has 3 rings (SSSR count). The molecule has 4 heteroatoms. The van der Waals surface area contributed by atoms with Crippen LogP contribution >= 0.6 is 11.6 Å². The molecule has 0 atom stereocenters. The Balaban J connectivity index is 1.58. The molecule has 2 heterocycles. The molecular formula is C17H16ClN3. The van der Waals surface area contributed by atoms with Crippen molar-refractivity contribution in [1.29, 1.82) is 0 Å². The minimum Gasteiger partial charge on any atom is -0.367 e. The van der Waals surface area contributed by atoms with Crippen molar-refractivity contribution in [1.82, 2.24) is 9.97 Å². The van der Waals surface area contributed by atoms with Gasteiger partial charge in [0.2, 0.25) is 0 Å². The maximum absolute atomic E-state index is 5.87. The van der Waals surface area contributed by atoms with Gasteiger partial charge in [0, 0.05) is 36.6 Å². The van der Waals surface area contributed by atoms with Crippen LogP contribution in [0.15, 0.2) is 61.1 Å². The van der Waals surface area contributed by atoms with Crippen LogP contribution < -0.4 is 5.32 Å². The molecule has 0 aliphatic carbocycles. The molecule has 0 aliphatic heterocycles. The minimum absolute atomic E-state index is 0.737. The topological polar surface area (TPSA) is 40.7 Å². The number of nitrogens with zero attached hydrogens (tertiary/aromatic N) is 1. The third-order valence-electron chi connectivity index (χ3n) is 3.28. The van der Waals surface area contributed by atoms with E-state index in [4.69, 9.17) is 11.6 Å². The van der Waals surface area contributed by atoms with E-state index in [1.807, 2.05) is 48.9 Å². The number of benzene rings is 1. The van der Waals surface area contributed by atoms with Crippen LogP contribution in [0.1, 0.15) is 16.7 Å². The predicted molar refractivity (Wildman–Crippen MR) is 86.6 cm³/mol. The summed E-state index contributed by atoms with van der Waals surface area (Å²) in [4.78, 5) is 7.51. The molecule has 0 saturated carbocycles. The van der Waals surface area contributed by atoms with Gasteiger partial charge in [0.1, 0.15) is 5.82 Å². The monoisotopic (exact) mass is 297 g/mol. The summed E-state index contributed by atoms with van der Waals surface area (Å²) in [5.41, 5.74) is 3.64. The summed E-state index contributed by atoms with van der Waals surface area (Å²) in [6.07, 6.45) is 6.75. The Labute approximate surface area is 129 Å². The van der Waals surface area contributed by atoms with Gasteiger partial charge in [-0.1, -0.05) is 29.8 Å². The van der Waals surface area contributed by atoms with Gasteiger partial charge in [-0.3, -0.25) is 0 Å². The van der Waals surface area contributed by atoms with E-state index in [0.29, 0.717) is 0 Å². The molecule has 0 unspecified atom stereocenters. The number of hydrogen-bond donors (Lipinski definition) is 2. The molecule has 2 aromatic heterocycles. The first-order valence-electron chi connectivity index (χ1n) is 6.84. The fraction of sp³-hybridized carbons (Fsp3) is 0.118. The lowest BCUT2D eigenvalue weighted by Crippen LogP contribution is -2.01. The summed E-state index contributed by atoms with van der Waals surface area (Å²) in [5, 5.41) is 4.06. The summed E-state index contributed by atoms with van der Waals surface area (Å²) in [7, 11) is 0. The van der Waals surface area contributed by atoms with Crippen LogP contribution in [0.4, 0.5) is 5.82 Å². The molecule has 0 aliphatic rings. The zero-order valence-electron chi connectivity index (χ0n) is 11.5. The third-order valence-corrected chi connectivity index (χ3v) is 3.53. The van der Waals surface area contributed by atoms with Crippen molar-refractivity contribution in [2.45, 2.75) is 13.0 Å². The average molecular weight is 298 g/mol. The van der Waals surface area contributed by atoms with Gasteiger partial charge in [-0.15, -0.1) is 0 Å². The van der Waals surface area contributed by atoms with Crippen LogP contribution in [0.25, 0.3) is 0 Å². The second-order valence-corrected chi connectivity index (χ2v) is 5.36. The number of pyridine rings is 1. The van der Waals surface area contributed by atoms with Crippen molar-refractivity contribution in [3.8, 4) is 0 Å². The van der Waals surface area contributed by atoms with Crippen LogP contribution in [0, 0.1) is 0 Å². The van der Waals surface area contributed by atoms with Gasteiger partial charge < -0.3 is 10.3 Å². The van der Waals surface area contributed by atoms with E-state index in [1.54, 1.807) is 0 Å². The Hall–Kier alpha value is -2.26. The molecule has 0 spiro atoms. The Bertz CT molecular complexity index is 673. The van der Waals surface area contributed by atoms with Crippen molar-refractivity contribution in [2.24, 2.45) is 0 Å². The maximum atomic E-state index is 5.87. The molecular weight excluding hydrogens is 282 g/mol. The number of H-pyrrole nitrogens is 1. The number of aromatic nitrogens is 2. The molecule has 3 aromatic rings. The lowest BCUT2D eigenvalue weighted by Gasteiger charge is -2.07. The fourth-order valence-electron chi connectivity index (χ4n) is 2.13. The molecule has 2 N–H and O–H groups in total. The number of halogens is 1. The average Bonchev–Trinajstić information content (AvgIpc) is 3.01. The van der Waals surface area contributed by atoms with Crippen molar-refractivity contribution in [3.05, 3.63) is 82.8 Å². The largest absolute Gasteiger partial charge is 0.367 e. The van der Waals surface area contributed by atoms with E-state index < -0.39 is 0 Å². The number of nitrogens with one attached hydrogen (secondary N) is 2. The number of rotatable bonds is 5. The van der Waals surface area contributed by atoms with Crippen molar-refractivity contribution >= 4 is 17.4 Å². The standard InChI is InChI=1S/C17H16ClN3/c18-16-4-1-13(2-5-16)11-20-17-6-3-14(12-21-17)9-15-7-8-19-10-15/h1-8,10,12,19H,9,11H2,(H,20,21). The summed E-state index contributed by atoms with van der Waals surface area (Å²) in [6, 6.07) is 14.0. The normalized spacial score (nSPS) is 10.5. The van der Waals surface area contributed by atoms with E-state index in [9.17, 15) is 0 Å². The van der Waals surface area contributed by atoms with Gasteiger partial charge in [0.05, 0.1) is 0 Å². The van der Waals surface area contributed by atoms with Gasteiger partial charge in [-0.25, -0.2) is 4.98 Å². The molecule has 0 bridgehead atoms. The SMILES string of the molecule is Clc1ccc(CNc2ccc(Cc3cc[nH]c3)cn2)cc1. The first-order valence-corrected chi connectivity index (χ1v) is 7.22. The van der Waals surface area contributed by atoms with E-state index in [2.05, 4.69) is 27.4 Å².